The topological polar surface area (TPSA) is 52.6 Å². The van der Waals surface area contributed by atoms with Crippen molar-refractivity contribution in [1.82, 2.24) is 0 Å². The summed E-state index contributed by atoms with van der Waals surface area (Å²) in [5.74, 6) is -0.225. The number of ether oxygens (including phenoxy) is 2. The first-order valence-electron chi connectivity index (χ1n) is 8.87. The van der Waals surface area contributed by atoms with Crippen LogP contribution >= 0.6 is 0 Å². The monoisotopic (exact) mass is 364 g/mol. The van der Waals surface area contributed by atoms with Crippen LogP contribution in [0.25, 0.3) is 5.57 Å². The first kappa shape index (κ1) is 18.9. The molecule has 0 saturated carbocycles. The molecule has 0 aromatic heterocycles. The molecule has 0 bridgehead atoms. The van der Waals surface area contributed by atoms with Crippen molar-refractivity contribution in [1.29, 1.82) is 0 Å². The lowest BCUT2D eigenvalue weighted by Gasteiger charge is -2.40. The summed E-state index contributed by atoms with van der Waals surface area (Å²) in [6.45, 7) is 5.78. The lowest BCUT2D eigenvalue weighted by atomic mass is 9.61. The number of carbonyl (C=O) groups excluding carboxylic acids is 2. The Hall–Kier alpha value is -2.88. The highest BCUT2D eigenvalue weighted by atomic mass is 16.5. The highest BCUT2D eigenvalue weighted by molar-refractivity contribution is 6.29. The van der Waals surface area contributed by atoms with E-state index in [0.717, 1.165) is 11.1 Å². The maximum Gasteiger partial charge on any atom is 0.341 e. The summed E-state index contributed by atoms with van der Waals surface area (Å²) in [7, 11) is 2.88. The van der Waals surface area contributed by atoms with Gasteiger partial charge in [-0.25, -0.2) is 4.79 Å². The molecule has 4 heteroatoms. The Bertz CT molecular complexity index is 924. The maximum atomic E-state index is 13.4. The van der Waals surface area contributed by atoms with E-state index < -0.39 is 16.8 Å². The summed E-state index contributed by atoms with van der Waals surface area (Å²) in [6, 6.07) is 17.3. The van der Waals surface area contributed by atoms with Crippen LogP contribution in [0, 0.1) is 5.41 Å². The van der Waals surface area contributed by atoms with Gasteiger partial charge in [0, 0.05) is 16.4 Å². The Morgan fingerprint density at radius 1 is 0.889 bits per heavy atom. The molecule has 0 spiro atoms. The lowest BCUT2D eigenvalue weighted by molar-refractivity contribution is -0.138. The number of para-hydroxylation sites is 1. The van der Waals surface area contributed by atoms with E-state index in [1.807, 2.05) is 75.4 Å². The average molecular weight is 364 g/mol. The number of hydrogen-bond donors (Lipinski definition) is 0. The van der Waals surface area contributed by atoms with Gasteiger partial charge in [0.05, 0.1) is 14.2 Å². The smallest absolute Gasteiger partial charge is 0.341 e. The molecule has 2 aromatic carbocycles. The molecule has 0 N–H and O–H groups in total. The predicted octanol–water partition coefficient (Wildman–Crippen LogP) is 4.19. The van der Waals surface area contributed by atoms with Crippen molar-refractivity contribution in [3.05, 3.63) is 71.3 Å². The number of esters is 1. The van der Waals surface area contributed by atoms with Gasteiger partial charge in [0.1, 0.15) is 11.3 Å². The van der Waals surface area contributed by atoms with E-state index in [9.17, 15) is 9.59 Å². The van der Waals surface area contributed by atoms with Crippen molar-refractivity contribution in [2.45, 2.75) is 26.2 Å². The van der Waals surface area contributed by atoms with Crippen LogP contribution in [0.2, 0.25) is 0 Å². The molecular weight excluding hydrogens is 340 g/mol. The summed E-state index contributed by atoms with van der Waals surface area (Å²) in [5, 5.41) is 0. The van der Waals surface area contributed by atoms with Crippen molar-refractivity contribution in [2.75, 3.05) is 14.2 Å². The molecule has 0 unspecified atom stereocenters. The van der Waals surface area contributed by atoms with Crippen molar-refractivity contribution in [2.24, 2.45) is 5.41 Å². The van der Waals surface area contributed by atoms with Gasteiger partial charge in [-0.05, 0) is 17.2 Å². The van der Waals surface area contributed by atoms with Gasteiger partial charge in [0.25, 0.3) is 0 Å². The summed E-state index contributed by atoms with van der Waals surface area (Å²) in [6.07, 6.45) is 0. The van der Waals surface area contributed by atoms with Gasteiger partial charge in [0.15, 0.2) is 5.78 Å². The van der Waals surface area contributed by atoms with E-state index >= 15 is 0 Å². The van der Waals surface area contributed by atoms with Gasteiger partial charge in [-0.15, -0.1) is 0 Å². The predicted molar refractivity (Wildman–Crippen MR) is 105 cm³/mol. The summed E-state index contributed by atoms with van der Waals surface area (Å²) in [5.41, 5.74) is 0.859. The molecule has 0 radical (unpaired) electrons. The number of methoxy groups -OCH3 is 2. The fraction of sp³-hybridized carbons (Fsp3) is 0.304. The molecule has 27 heavy (non-hydrogen) atoms. The molecule has 0 fully saturated rings. The molecule has 0 aliphatic heterocycles. The molecule has 0 saturated heterocycles. The number of allylic oxidation sites excluding steroid dienone is 1. The van der Waals surface area contributed by atoms with Gasteiger partial charge in [0.2, 0.25) is 0 Å². The van der Waals surface area contributed by atoms with Crippen LogP contribution in [0.1, 0.15) is 31.9 Å². The van der Waals surface area contributed by atoms with E-state index in [0.29, 0.717) is 11.3 Å². The summed E-state index contributed by atoms with van der Waals surface area (Å²) >= 11 is 0. The molecule has 1 aliphatic carbocycles. The van der Waals surface area contributed by atoms with E-state index in [4.69, 9.17) is 9.47 Å². The van der Waals surface area contributed by atoms with Crippen molar-refractivity contribution in [3.8, 4) is 5.75 Å². The fourth-order valence-corrected chi connectivity index (χ4v) is 4.04. The minimum Gasteiger partial charge on any atom is -0.496 e. The van der Waals surface area contributed by atoms with Gasteiger partial charge in [-0.3, -0.25) is 4.79 Å². The molecule has 140 valence electrons. The third kappa shape index (κ3) is 2.59. The Morgan fingerprint density at radius 3 is 2.07 bits per heavy atom. The van der Waals surface area contributed by atoms with Crippen LogP contribution in [-0.4, -0.2) is 26.0 Å². The quantitative estimate of drug-likeness (QED) is 0.603. The molecule has 4 nitrogen and oxygen atoms in total. The Labute approximate surface area is 159 Å². The van der Waals surface area contributed by atoms with E-state index in [-0.39, 0.29) is 11.4 Å². The molecule has 1 atom stereocenters. The average Bonchev–Trinajstić information content (AvgIpc) is 2.86. The second kappa shape index (κ2) is 6.69. The van der Waals surface area contributed by atoms with Crippen LogP contribution in [0.4, 0.5) is 0 Å². The molecule has 0 heterocycles. The lowest BCUT2D eigenvalue weighted by Crippen LogP contribution is -2.40. The Morgan fingerprint density at radius 2 is 1.48 bits per heavy atom. The molecular formula is C23H24O4. The van der Waals surface area contributed by atoms with Gasteiger partial charge in [-0.2, -0.15) is 0 Å². The van der Waals surface area contributed by atoms with Crippen molar-refractivity contribution >= 4 is 17.3 Å². The SMILES string of the molecule is COC(=O)C1=C(c2ccccc2OC)[C@@](C)(c2ccccc2)C(C)(C)C1=O. The molecule has 0 amide bonds. The van der Waals surface area contributed by atoms with E-state index in [1.54, 1.807) is 7.11 Å². The zero-order valence-corrected chi connectivity index (χ0v) is 16.3. The van der Waals surface area contributed by atoms with Crippen LogP contribution in [0.3, 0.4) is 0 Å². The van der Waals surface area contributed by atoms with Crippen molar-refractivity contribution in [3.63, 3.8) is 0 Å². The number of rotatable bonds is 4. The normalized spacial score (nSPS) is 21.3. The zero-order valence-electron chi connectivity index (χ0n) is 16.3. The number of benzene rings is 2. The standard InChI is InChI=1S/C23H24O4/c1-22(2)20(24)18(21(25)27-5)19(16-13-9-10-14-17(16)26-4)23(22,3)15-11-7-6-8-12-15/h6-14H,1-5H3/t23-/m1/s1. The van der Waals surface area contributed by atoms with Gasteiger partial charge < -0.3 is 9.47 Å². The van der Waals surface area contributed by atoms with Gasteiger partial charge in [-0.1, -0.05) is 69.3 Å². The fourth-order valence-electron chi connectivity index (χ4n) is 4.04. The number of carbonyl (C=O) groups is 2. The molecule has 3 rings (SSSR count). The van der Waals surface area contributed by atoms with Gasteiger partial charge >= 0.3 is 5.97 Å². The highest BCUT2D eigenvalue weighted by Gasteiger charge is 2.59. The zero-order chi connectivity index (χ0) is 19.8. The highest BCUT2D eigenvalue weighted by Crippen LogP contribution is 2.59. The van der Waals surface area contributed by atoms with Crippen molar-refractivity contribution < 1.29 is 19.1 Å². The van der Waals surface area contributed by atoms with E-state index in [2.05, 4.69) is 0 Å². The third-order valence-corrected chi connectivity index (χ3v) is 5.91. The van der Waals surface area contributed by atoms with Crippen LogP contribution in [-0.2, 0) is 19.7 Å². The number of hydrogen-bond acceptors (Lipinski definition) is 4. The summed E-state index contributed by atoms with van der Waals surface area (Å²) < 4.78 is 10.5. The Balaban J connectivity index is 2.45. The third-order valence-electron chi connectivity index (χ3n) is 5.91. The second-order valence-electron chi connectivity index (χ2n) is 7.39. The second-order valence-corrected chi connectivity index (χ2v) is 7.39. The number of Topliss-reactive ketones (excluding diaryl/α,β-unsaturated/α-hetero) is 1. The summed E-state index contributed by atoms with van der Waals surface area (Å²) in [4.78, 5) is 26.1. The minimum absolute atomic E-state index is 0.0957. The van der Waals surface area contributed by atoms with Crippen LogP contribution in [0.15, 0.2) is 60.2 Å². The number of ketones is 1. The molecule has 2 aromatic rings. The van der Waals surface area contributed by atoms with Crippen LogP contribution < -0.4 is 4.74 Å². The van der Waals surface area contributed by atoms with Crippen LogP contribution in [0.5, 0.6) is 5.75 Å². The Kier molecular flexibility index (Phi) is 4.68. The minimum atomic E-state index is -0.839. The first-order valence-corrected chi connectivity index (χ1v) is 8.87. The van der Waals surface area contributed by atoms with E-state index in [1.165, 1.54) is 7.11 Å². The molecule has 1 aliphatic rings. The maximum absolute atomic E-state index is 13.4. The largest absolute Gasteiger partial charge is 0.496 e. The first-order chi connectivity index (χ1) is 12.8.